The lowest BCUT2D eigenvalue weighted by Crippen LogP contribution is -2.45. The zero-order chi connectivity index (χ0) is 19.5. The molecular formula is C17H23N3O4S3. The summed E-state index contributed by atoms with van der Waals surface area (Å²) in [5.41, 5.74) is 0. The van der Waals surface area contributed by atoms with Gasteiger partial charge in [-0.2, -0.15) is 0 Å². The first-order valence-electron chi connectivity index (χ1n) is 8.61. The summed E-state index contributed by atoms with van der Waals surface area (Å²) in [6.45, 7) is 3.88. The van der Waals surface area contributed by atoms with Crippen molar-refractivity contribution in [1.29, 1.82) is 0 Å². The molecule has 1 aliphatic heterocycles. The molecule has 0 atom stereocenters. The van der Waals surface area contributed by atoms with Crippen molar-refractivity contribution in [3.8, 4) is 0 Å². The molecule has 1 fully saturated rings. The zero-order valence-corrected chi connectivity index (χ0v) is 17.5. The maximum Gasteiger partial charge on any atom is 0.216 e. The number of hydrogen-bond donors (Lipinski definition) is 2. The van der Waals surface area contributed by atoms with Crippen molar-refractivity contribution in [2.75, 3.05) is 50.8 Å². The largest absolute Gasteiger partial charge is 0.380 e. The maximum absolute atomic E-state index is 12.7. The number of nitrogens with zero attached hydrogens (tertiary/aromatic N) is 1. The summed E-state index contributed by atoms with van der Waals surface area (Å²) in [4.78, 5) is 2.36. The minimum absolute atomic E-state index is 0.0234. The molecule has 0 aliphatic carbocycles. The van der Waals surface area contributed by atoms with Gasteiger partial charge >= 0.3 is 0 Å². The molecule has 10 heteroatoms. The number of nitrogens with one attached hydrogen (secondary N) is 2. The van der Waals surface area contributed by atoms with Gasteiger partial charge in [0.05, 0.1) is 20.5 Å². The number of rotatable bonds is 7. The number of piperazine rings is 1. The van der Waals surface area contributed by atoms with E-state index in [9.17, 15) is 16.8 Å². The van der Waals surface area contributed by atoms with Gasteiger partial charge < -0.3 is 10.6 Å². The van der Waals surface area contributed by atoms with Crippen LogP contribution in [-0.4, -0.2) is 67.3 Å². The van der Waals surface area contributed by atoms with E-state index in [1.807, 2.05) is 0 Å². The van der Waals surface area contributed by atoms with Crippen LogP contribution in [0.25, 0.3) is 0 Å². The Labute approximate surface area is 164 Å². The first-order chi connectivity index (χ1) is 12.8. The second-order valence-corrected chi connectivity index (χ2v) is 11.6. The van der Waals surface area contributed by atoms with Crippen LogP contribution < -0.4 is 10.6 Å². The highest BCUT2D eigenvalue weighted by Crippen LogP contribution is 2.30. The molecule has 0 amide bonds. The highest BCUT2D eigenvalue weighted by atomic mass is 32.2. The lowest BCUT2D eigenvalue weighted by atomic mass is 10.4. The number of anilines is 1. The summed E-state index contributed by atoms with van der Waals surface area (Å²) in [6.07, 6.45) is 0. The lowest BCUT2D eigenvalue weighted by molar-refractivity contribution is 0.254. The summed E-state index contributed by atoms with van der Waals surface area (Å²) in [5, 5.41) is 6.89. The summed E-state index contributed by atoms with van der Waals surface area (Å²) in [7, 11) is -5.38. The molecule has 27 heavy (non-hydrogen) atoms. The third-order valence-electron chi connectivity index (χ3n) is 4.47. The highest BCUT2D eigenvalue weighted by Gasteiger charge is 2.22. The molecule has 3 rings (SSSR count). The first-order valence-corrected chi connectivity index (χ1v) is 12.6. The van der Waals surface area contributed by atoms with Crippen molar-refractivity contribution < 1.29 is 16.8 Å². The van der Waals surface area contributed by atoms with Crippen LogP contribution in [0.5, 0.6) is 0 Å². The van der Waals surface area contributed by atoms with Crippen molar-refractivity contribution in [3.63, 3.8) is 0 Å². The highest BCUT2D eigenvalue weighted by molar-refractivity contribution is 7.93. The fourth-order valence-corrected chi connectivity index (χ4v) is 6.69. The minimum atomic E-state index is -3.65. The van der Waals surface area contributed by atoms with Crippen molar-refractivity contribution >= 4 is 36.0 Å². The molecule has 148 valence electrons. The number of hydrogen-bond acceptors (Lipinski definition) is 8. The smallest absolute Gasteiger partial charge is 0.216 e. The summed E-state index contributed by atoms with van der Waals surface area (Å²) >= 11 is 1.14. The third kappa shape index (κ3) is 4.69. The second-order valence-electron chi connectivity index (χ2n) is 6.25. The van der Waals surface area contributed by atoms with Gasteiger partial charge in [0.1, 0.15) is 4.21 Å². The standard InChI is InChI=1S/C17H23N3O4S3/c1-18-16-6-7-17(25-16)27(23,24)15-4-2-14(3-5-15)26(21,22)13-12-20-10-8-19-9-11-20/h2-7,18-19H,8-13H2,1H3. The third-order valence-corrected chi connectivity index (χ3v) is 9.55. The summed E-state index contributed by atoms with van der Waals surface area (Å²) < 4.78 is 50.7. The minimum Gasteiger partial charge on any atom is -0.380 e. The van der Waals surface area contributed by atoms with E-state index >= 15 is 0 Å². The topological polar surface area (TPSA) is 95.6 Å². The van der Waals surface area contributed by atoms with Crippen LogP contribution in [0.2, 0.25) is 0 Å². The van der Waals surface area contributed by atoms with Crippen molar-refractivity contribution in [2.45, 2.75) is 14.0 Å². The van der Waals surface area contributed by atoms with Crippen LogP contribution in [0.3, 0.4) is 0 Å². The molecule has 0 bridgehead atoms. The van der Waals surface area contributed by atoms with E-state index in [0.29, 0.717) is 6.54 Å². The average Bonchev–Trinajstić information content (AvgIpc) is 3.18. The van der Waals surface area contributed by atoms with Gasteiger partial charge in [-0.15, -0.1) is 11.3 Å². The Hall–Kier alpha value is -1.46. The molecule has 1 saturated heterocycles. The van der Waals surface area contributed by atoms with E-state index in [-0.39, 0.29) is 19.8 Å². The van der Waals surface area contributed by atoms with Gasteiger partial charge in [0.25, 0.3) is 0 Å². The van der Waals surface area contributed by atoms with E-state index in [1.165, 1.54) is 24.3 Å². The Morgan fingerprint density at radius 3 is 2.22 bits per heavy atom. The Kier molecular flexibility index (Phi) is 6.21. The van der Waals surface area contributed by atoms with Crippen LogP contribution in [0.1, 0.15) is 0 Å². The number of sulfone groups is 2. The lowest BCUT2D eigenvalue weighted by Gasteiger charge is -2.26. The molecule has 2 N–H and O–H groups in total. The summed E-state index contributed by atoms with van der Waals surface area (Å²) in [6, 6.07) is 8.74. The van der Waals surface area contributed by atoms with Gasteiger partial charge in [-0.25, -0.2) is 16.8 Å². The van der Waals surface area contributed by atoms with E-state index < -0.39 is 19.7 Å². The molecule has 0 spiro atoms. The Bertz CT molecular complexity index is 977. The monoisotopic (exact) mass is 429 g/mol. The molecular weight excluding hydrogens is 406 g/mol. The number of thiophene rings is 1. The molecule has 2 aromatic rings. The molecule has 0 saturated carbocycles. The average molecular weight is 430 g/mol. The maximum atomic E-state index is 12.7. The van der Waals surface area contributed by atoms with Crippen LogP contribution >= 0.6 is 11.3 Å². The van der Waals surface area contributed by atoms with Crippen molar-refractivity contribution in [3.05, 3.63) is 36.4 Å². The zero-order valence-electron chi connectivity index (χ0n) is 15.0. The van der Waals surface area contributed by atoms with Gasteiger partial charge in [0.15, 0.2) is 9.84 Å². The van der Waals surface area contributed by atoms with E-state index in [2.05, 4.69) is 15.5 Å². The van der Waals surface area contributed by atoms with Crippen LogP contribution in [0.15, 0.2) is 50.4 Å². The van der Waals surface area contributed by atoms with Crippen LogP contribution in [0, 0.1) is 0 Å². The van der Waals surface area contributed by atoms with E-state index in [4.69, 9.17) is 0 Å². The van der Waals surface area contributed by atoms with E-state index in [0.717, 1.165) is 42.5 Å². The van der Waals surface area contributed by atoms with Gasteiger partial charge in [-0.05, 0) is 36.4 Å². The first kappa shape index (κ1) is 20.3. The Morgan fingerprint density at radius 1 is 1.00 bits per heavy atom. The Morgan fingerprint density at radius 2 is 1.63 bits per heavy atom. The molecule has 0 unspecified atom stereocenters. The predicted molar refractivity (Wildman–Crippen MR) is 107 cm³/mol. The van der Waals surface area contributed by atoms with Gasteiger partial charge in [-0.1, -0.05) is 0 Å². The SMILES string of the molecule is CNc1ccc(S(=O)(=O)c2ccc(S(=O)(=O)CCN3CCNCC3)cc2)s1. The van der Waals surface area contributed by atoms with Gasteiger partial charge in [-0.3, -0.25) is 4.90 Å². The molecule has 1 aliphatic rings. The molecule has 1 aromatic carbocycles. The van der Waals surface area contributed by atoms with E-state index in [1.54, 1.807) is 19.2 Å². The Balaban J connectivity index is 1.73. The molecule has 1 aromatic heterocycles. The molecule has 0 radical (unpaired) electrons. The quantitative estimate of drug-likeness (QED) is 0.685. The van der Waals surface area contributed by atoms with Gasteiger partial charge in [0, 0.05) is 39.8 Å². The molecule has 7 nitrogen and oxygen atoms in total. The van der Waals surface area contributed by atoms with Crippen LogP contribution in [0.4, 0.5) is 5.00 Å². The van der Waals surface area contributed by atoms with Crippen LogP contribution in [-0.2, 0) is 19.7 Å². The summed E-state index contributed by atoms with van der Waals surface area (Å²) in [5.74, 6) is 0.0234. The fraction of sp³-hybridized carbons (Fsp3) is 0.412. The predicted octanol–water partition coefficient (Wildman–Crippen LogP) is 1.30. The molecule has 2 heterocycles. The number of benzene rings is 1. The second kappa shape index (κ2) is 8.27. The normalized spacial score (nSPS) is 16.3. The van der Waals surface area contributed by atoms with Crippen molar-refractivity contribution in [1.82, 2.24) is 10.2 Å². The van der Waals surface area contributed by atoms with Gasteiger partial charge in [0.2, 0.25) is 9.84 Å². The fourth-order valence-electron chi connectivity index (χ4n) is 2.84. The van der Waals surface area contributed by atoms with Crippen molar-refractivity contribution in [2.24, 2.45) is 0 Å².